The minimum atomic E-state index is -0.757. The molecule has 0 fully saturated rings. The van der Waals surface area contributed by atoms with E-state index < -0.39 is 18.5 Å². The first kappa shape index (κ1) is 18.5. The summed E-state index contributed by atoms with van der Waals surface area (Å²) in [6, 6.07) is 7.12. The van der Waals surface area contributed by atoms with Crippen LogP contribution in [0.3, 0.4) is 0 Å². The number of aromatic nitrogens is 2. The Bertz CT molecular complexity index is 770. The van der Waals surface area contributed by atoms with Crippen LogP contribution in [0.25, 0.3) is 0 Å². The van der Waals surface area contributed by atoms with Crippen LogP contribution in [0.4, 0.5) is 5.69 Å². The number of ether oxygens (including phenoxy) is 1. The van der Waals surface area contributed by atoms with E-state index in [9.17, 15) is 14.4 Å². The van der Waals surface area contributed by atoms with Gasteiger partial charge >= 0.3 is 5.97 Å². The Balaban J connectivity index is 1.81. The van der Waals surface area contributed by atoms with Crippen LogP contribution in [0.2, 0.25) is 0 Å². The molecule has 0 spiro atoms. The number of para-hydroxylation sites is 1. The van der Waals surface area contributed by atoms with Gasteiger partial charge in [-0.3, -0.25) is 14.6 Å². The van der Waals surface area contributed by atoms with Crippen molar-refractivity contribution >= 4 is 39.4 Å². The predicted octanol–water partition coefficient (Wildman–Crippen LogP) is 1.49. The van der Waals surface area contributed by atoms with Crippen molar-refractivity contribution in [3.8, 4) is 0 Å². The van der Waals surface area contributed by atoms with E-state index in [1.54, 1.807) is 18.2 Å². The van der Waals surface area contributed by atoms with Crippen LogP contribution < -0.4 is 5.32 Å². The van der Waals surface area contributed by atoms with E-state index in [0.29, 0.717) is 5.69 Å². The van der Waals surface area contributed by atoms with Crippen molar-refractivity contribution in [1.29, 1.82) is 0 Å². The van der Waals surface area contributed by atoms with Crippen LogP contribution in [0.1, 0.15) is 10.5 Å². The largest absolute Gasteiger partial charge is 0.451 e. The molecule has 130 valence electrons. The average Bonchev–Trinajstić information content (AvgIpc) is 2.62. The molecule has 2 amide bonds. The summed E-state index contributed by atoms with van der Waals surface area (Å²) in [6.07, 6.45) is 4.00. The quantitative estimate of drug-likeness (QED) is 0.729. The van der Waals surface area contributed by atoms with Gasteiger partial charge in [0.05, 0.1) is 18.4 Å². The number of amides is 2. The van der Waals surface area contributed by atoms with Crippen molar-refractivity contribution in [3.05, 3.63) is 53.0 Å². The predicted molar refractivity (Wildman–Crippen MR) is 92.7 cm³/mol. The van der Waals surface area contributed by atoms with E-state index in [-0.39, 0.29) is 18.1 Å². The third-order valence-corrected chi connectivity index (χ3v) is 3.75. The lowest BCUT2D eigenvalue weighted by Gasteiger charge is -2.17. The van der Waals surface area contributed by atoms with Gasteiger partial charge in [0.1, 0.15) is 0 Å². The van der Waals surface area contributed by atoms with Gasteiger partial charge in [0.15, 0.2) is 12.3 Å². The summed E-state index contributed by atoms with van der Waals surface area (Å²) in [5.74, 6) is -1.64. The topological polar surface area (TPSA) is 101 Å². The Kier molecular flexibility index (Phi) is 6.58. The highest BCUT2D eigenvalue weighted by Gasteiger charge is 2.17. The molecule has 0 aliphatic carbocycles. The number of hydrogen-bond donors (Lipinski definition) is 1. The molecule has 0 bridgehead atoms. The van der Waals surface area contributed by atoms with Gasteiger partial charge in [-0.15, -0.1) is 0 Å². The summed E-state index contributed by atoms with van der Waals surface area (Å²) in [7, 11) is 1.44. The van der Waals surface area contributed by atoms with Gasteiger partial charge < -0.3 is 15.0 Å². The summed E-state index contributed by atoms with van der Waals surface area (Å²) in [4.78, 5) is 44.3. The molecule has 1 aromatic carbocycles. The molecule has 0 saturated heterocycles. The lowest BCUT2D eigenvalue weighted by Crippen LogP contribution is -2.37. The molecular formula is C16H15BrN4O4. The summed E-state index contributed by atoms with van der Waals surface area (Å²) < 4.78 is 5.59. The lowest BCUT2D eigenvalue weighted by atomic mass is 10.3. The van der Waals surface area contributed by atoms with Crippen molar-refractivity contribution in [2.75, 3.05) is 25.5 Å². The highest BCUT2D eigenvalue weighted by molar-refractivity contribution is 9.10. The number of esters is 1. The SMILES string of the molecule is CN(CC(=O)Nc1ccccc1Br)C(=O)COC(=O)c1cnccn1. The highest BCUT2D eigenvalue weighted by Crippen LogP contribution is 2.20. The minimum Gasteiger partial charge on any atom is -0.451 e. The number of benzene rings is 1. The van der Waals surface area contributed by atoms with Crippen molar-refractivity contribution in [2.45, 2.75) is 0 Å². The highest BCUT2D eigenvalue weighted by atomic mass is 79.9. The molecule has 2 aromatic rings. The number of likely N-dealkylation sites (N-methyl/N-ethyl adjacent to an activating group) is 1. The molecule has 0 aliphatic rings. The van der Waals surface area contributed by atoms with E-state index in [2.05, 4.69) is 31.2 Å². The fourth-order valence-electron chi connectivity index (χ4n) is 1.77. The lowest BCUT2D eigenvalue weighted by molar-refractivity contribution is -0.136. The van der Waals surface area contributed by atoms with Crippen molar-refractivity contribution in [3.63, 3.8) is 0 Å². The van der Waals surface area contributed by atoms with Crippen LogP contribution in [0.5, 0.6) is 0 Å². The zero-order chi connectivity index (χ0) is 18.2. The first-order valence-electron chi connectivity index (χ1n) is 7.19. The van der Waals surface area contributed by atoms with Crippen molar-refractivity contribution in [2.24, 2.45) is 0 Å². The van der Waals surface area contributed by atoms with Crippen molar-refractivity contribution in [1.82, 2.24) is 14.9 Å². The van der Waals surface area contributed by atoms with Crippen LogP contribution in [0.15, 0.2) is 47.3 Å². The molecule has 1 aromatic heterocycles. The van der Waals surface area contributed by atoms with E-state index >= 15 is 0 Å². The maximum absolute atomic E-state index is 12.0. The standard InChI is InChI=1S/C16H15BrN4O4/c1-21(9-14(22)20-12-5-3-2-4-11(12)17)15(23)10-25-16(24)13-8-18-6-7-19-13/h2-8H,9-10H2,1H3,(H,20,22). The molecule has 0 aliphatic heterocycles. The molecule has 1 N–H and O–H groups in total. The summed E-state index contributed by atoms with van der Waals surface area (Å²) in [5, 5.41) is 2.68. The second kappa shape index (κ2) is 8.88. The third kappa shape index (κ3) is 5.64. The summed E-state index contributed by atoms with van der Waals surface area (Å²) in [5.41, 5.74) is 0.604. The number of carbonyl (C=O) groups excluding carboxylic acids is 3. The number of rotatable bonds is 6. The third-order valence-electron chi connectivity index (χ3n) is 3.05. The number of halogens is 1. The van der Waals surface area contributed by atoms with Gasteiger partial charge in [0, 0.05) is 23.9 Å². The van der Waals surface area contributed by atoms with Crippen LogP contribution in [-0.2, 0) is 14.3 Å². The molecule has 8 nitrogen and oxygen atoms in total. The molecule has 9 heteroatoms. The van der Waals surface area contributed by atoms with Crippen LogP contribution >= 0.6 is 15.9 Å². The second-order valence-corrected chi connectivity index (χ2v) is 5.80. The summed E-state index contributed by atoms with van der Waals surface area (Å²) >= 11 is 3.32. The Hall–Kier alpha value is -2.81. The fraction of sp³-hybridized carbons (Fsp3) is 0.188. The van der Waals surface area contributed by atoms with Crippen LogP contribution in [-0.4, -0.2) is 52.9 Å². The van der Waals surface area contributed by atoms with Gasteiger partial charge in [-0.25, -0.2) is 9.78 Å². The zero-order valence-corrected chi connectivity index (χ0v) is 14.9. The number of nitrogens with zero attached hydrogens (tertiary/aromatic N) is 3. The maximum Gasteiger partial charge on any atom is 0.359 e. The molecular weight excluding hydrogens is 392 g/mol. The molecule has 0 saturated carbocycles. The minimum absolute atomic E-state index is 0.00428. The molecule has 0 unspecified atom stereocenters. The molecule has 0 radical (unpaired) electrons. The van der Waals surface area contributed by atoms with Gasteiger partial charge in [-0.2, -0.15) is 0 Å². The molecule has 1 heterocycles. The number of hydrogen-bond acceptors (Lipinski definition) is 6. The van der Waals surface area contributed by atoms with Gasteiger partial charge in [0.25, 0.3) is 5.91 Å². The second-order valence-electron chi connectivity index (χ2n) is 4.94. The number of nitrogens with one attached hydrogen (secondary N) is 1. The molecule has 0 atom stereocenters. The first-order valence-corrected chi connectivity index (χ1v) is 7.98. The average molecular weight is 407 g/mol. The number of anilines is 1. The van der Waals surface area contributed by atoms with Gasteiger partial charge in [-0.1, -0.05) is 12.1 Å². The fourth-order valence-corrected chi connectivity index (χ4v) is 2.16. The maximum atomic E-state index is 12.0. The molecule has 25 heavy (non-hydrogen) atoms. The van der Waals surface area contributed by atoms with E-state index in [1.165, 1.54) is 25.6 Å². The Morgan fingerprint density at radius 3 is 2.68 bits per heavy atom. The Labute approximate surface area is 152 Å². The van der Waals surface area contributed by atoms with E-state index in [0.717, 1.165) is 9.37 Å². The Morgan fingerprint density at radius 1 is 1.24 bits per heavy atom. The van der Waals surface area contributed by atoms with Gasteiger partial charge in [0.2, 0.25) is 5.91 Å². The van der Waals surface area contributed by atoms with Gasteiger partial charge in [-0.05, 0) is 28.1 Å². The zero-order valence-electron chi connectivity index (χ0n) is 13.3. The van der Waals surface area contributed by atoms with E-state index in [1.807, 2.05) is 6.07 Å². The van der Waals surface area contributed by atoms with Crippen LogP contribution in [0, 0.1) is 0 Å². The monoisotopic (exact) mass is 406 g/mol. The van der Waals surface area contributed by atoms with E-state index in [4.69, 9.17) is 4.74 Å². The Morgan fingerprint density at radius 2 is 2.00 bits per heavy atom. The smallest absolute Gasteiger partial charge is 0.359 e. The van der Waals surface area contributed by atoms with Crippen molar-refractivity contribution < 1.29 is 19.1 Å². The molecule has 2 rings (SSSR count). The number of carbonyl (C=O) groups is 3. The first-order chi connectivity index (χ1) is 12.0. The normalized spacial score (nSPS) is 10.0. The summed E-state index contributed by atoms with van der Waals surface area (Å²) in [6.45, 7) is -0.670.